The lowest BCUT2D eigenvalue weighted by atomic mass is 10.0. The number of benzene rings is 2. The van der Waals surface area contributed by atoms with E-state index in [2.05, 4.69) is 15.4 Å². The number of aromatic nitrogens is 4. The number of hydrogen-bond acceptors (Lipinski definition) is 5. The van der Waals surface area contributed by atoms with Gasteiger partial charge in [-0.3, -0.25) is 19.3 Å². The quantitative estimate of drug-likeness (QED) is 0.371. The summed E-state index contributed by atoms with van der Waals surface area (Å²) in [5.74, 6) is -0.643. The Kier molecular flexibility index (Phi) is 5.71. The summed E-state index contributed by atoms with van der Waals surface area (Å²) < 4.78 is 1.87. The minimum atomic E-state index is -0.806. The number of hydrogen-bond donors (Lipinski definition) is 4. The zero-order valence-electron chi connectivity index (χ0n) is 17.3. The van der Waals surface area contributed by atoms with Crippen molar-refractivity contribution in [1.29, 1.82) is 0 Å². The van der Waals surface area contributed by atoms with Gasteiger partial charge in [-0.1, -0.05) is 48.5 Å². The number of aromatic amines is 2. The molecule has 0 unspecified atom stereocenters. The van der Waals surface area contributed by atoms with E-state index in [0.29, 0.717) is 6.54 Å². The SMILES string of the molecule is C[C@@H](NC(=O)c1[nH]c(=O)[nH]c(=O)c1N)c1cccc(-c2ccn(Cc3ccccc3)n2)c1. The zero-order chi connectivity index (χ0) is 22.7. The molecule has 0 aliphatic rings. The van der Waals surface area contributed by atoms with Crippen molar-refractivity contribution in [3.8, 4) is 11.3 Å². The topological polar surface area (TPSA) is 139 Å². The molecule has 4 aromatic rings. The Hall–Kier alpha value is -4.40. The van der Waals surface area contributed by atoms with E-state index in [4.69, 9.17) is 5.73 Å². The second-order valence-electron chi connectivity index (χ2n) is 7.40. The third-order valence-corrected chi connectivity index (χ3v) is 5.06. The second kappa shape index (κ2) is 8.76. The van der Waals surface area contributed by atoms with Gasteiger partial charge in [0.2, 0.25) is 0 Å². The Labute approximate surface area is 182 Å². The minimum absolute atomic E-state index is 0.263. The van der Waals surface area contributed by atoms with Crippen LogP contribution >= 0.6 is 0 Å². The van der Waals surface area contributed by atoms with Crippen molar-refractivity contribution in [3.63, 3.8) is 0 Å². The molecule has 1 amide bonds. The highest BCUT2D eigenvalue weighted by atomic mass is 16.2. The molecule has 5 N–H and O–H groups in total. The van der Waals surface area contributed by atoms with Crippen LogP contribution in [0.3, 0.4) is 0 Å². The maximum Gasteiger partial charge on any atom is 0.326 e. The van der Waals surface area contributed by atoms with E-state index < -0.39 is 23.2 Å². The normalized spacial score (nSPS) is 11.8. The first-order chi connectivity index (χ1) is 15.4. The smallest absolute Gasteiger partial charge is 0.326 e. The van der Waals surface area contributed by atoms with Gasteiger partial charge < -0.3 is 16.0 Å². The number of nitrogens with zero attached hydrogens (tertiary/aromatic N) is 2. The molecular formula is C23H22N6O3. The Balaban J connectivity index is 1.51. The van der Waals surface area contributed by atoms with Crippen LogP contribution in [0.15, 0.2) is 76.4 Å². The molecule has 0 spiro atoms. The fourth-order valence-corrected chi connectivity index (χ4v) is 3.37. The number of carbonyl (C=O) groups is 1. The summed E-state index contributed by atoms with van der Waals surface area (Å²) in [6, 6.07) is 19.2. The summed E-state index contributed by atoms with van der Waals surface area (Å²) in [7, 11) is 0. The molecule has 162 valence electrons. The molecular weight excluding hydrogens is 408 g/mol. The lowest BCUT2D eigenvalue weighted by Gasteiger charge is -2.15. The molecule has 0 saturated heterocycles. The summed E-state index contributed by atoms with van der Waals surface area (Å²) in [5, 5.41) is 7.41. The van der Waals surface area contributed by atoms with Gasteiger partial charge in [-0.15, -0.1) is 0 Å². The van der Waals surface area contributed by atoms with Crippen LogP contribution in [0.4, 0.5) is 5.69 Å². The van der Waals surface area contributed by atoms with Crippen LogP contribution in [-0.4, -0.2) is 25.7 Å². The van der Waals surface area contributed by atoms with Gasteiger partial charge >= 0.3 is 5.69 Å². The van der Waals surface area contributed by atoms with E-state index in [0.717, 1.165) is 22.4 Å². The molecule has 0 aliphatic carbocycles. The maximum atomic E-state index is 12.6. The molecule has 0 radical (unpaired) electrons. The molecule has 9 heteroatoms. The zero-order valence-corrected chi connectivity index (χ0v) is 17.3. The average Bonchev–Trinajstić information content (AvgIpc) is 3.25. The molecule has 0 bridgehead atoms. The van der Waals surface area contributed by atoms with Gasteiger partial charge in [0.1, 0.15) is 11.4 Å². The first-order valence-corrected chi connectivity index (χ1v) is 10.0. The van der Waals surface area contributed by atoms with E-state index in [9.17, 15) is 14.4 Å². The highest BCUT2D eigenvalue weighted by Crippen LogP contribution is 2.22. The van der Waals surface area contributed by atoms with Gasteiger partial charge in [0.25, 0.3) is 11.5 Å². The van der Waals surface area contributed by atoms with E-state index in [1.54, 1.807) is 6.92 Å². The van der Waals surface area contributed by atoms with Crippen LogP contribution in [0.1, 0.15) is 34.6 Å². The lowest BCUT2D eigenvalue weighted by Crippen LogP contribution is -2.34. The fraction of sp³-hybridized carbons (Fsp3) is 0.130. The molecule has 1 atom stereocenters. The van der Waals surface area contributed by atoms with Crippen molar-refractivity contribution < 1.29 is 4.79 Å². The van der Waals surface area contributed by atoms with Crippen LogP contribution in [-0.2, 0) is 6.54 Å². The molecule has 32 heavy (non-hydrogen) atoms. The number of anilines is 1. The van der Waals surface area contributed by atoms with E-state index in [-0.39, 0.29) is 11.4 Å². The van der Waals surface area contributed by atoms with Crippen molar-refractivity contribution in [1.82, 2.24) is 25.1 Å². The molecule has 0 aliphatic heterocycles. The van der Waals surface area contributed by atoms with Crippen molar-refractivity contribution in [2.24, 2.45) is 0 Å². The lowest BCUT2D eigenvalue weighted by molar-refractivity contribution is 0.0935. The van der Waals surface area contributed by atoms with Gasteiger partial charge in [0, 0.05) is 11.8 Å². The maximum absolute atomic E-state index is 12.6. The molecule has 2 aromatic heterocycles. The third-order valence-electron chi connectivity index (χ3n) is 5.06. The Bertz CT molecular complexity index is 1370. The highest BCUT2D eigenvalue weighted by Gasteiger charge is 2.17. The molecule has 0 fully saturated rings. The van der Waals surface area contributed by atoms with Crippen LogP contribution in [0, 0.1) is 0 Å². The van der Waals surface area contributed by atoms with E-state index in [1.165, 1.54) is 0 Å². The largest absolute Gasteiger partial charge is 0.392 e. The molecule has 2 aromatic carbocycles. The number of nitrogen functional groups attached to an aromatic ring is 1. The summed E-state index contributed by atoms with van der Waals surface area (Å²) in [5.41, 5.74) is 7.14. The summed E-state index contributed by atoms with van der Waals surface area (Å²) in [6.45, 7) is 2.47. The predicted molar refractivity (Wildman–Crippen MR) is 121 cm³/mol. The summed E-state index contributed by atoms with van der Waals surface area (Å²) in [4.78, 5) is 39.9. The highest BCUT2D eigenvalue weighted by molar-refractivity contribution is 5.97. The monoisotopic (exact) mass is 430 g/mol. The number of rotatable bonds is 6. The second-order valence-corrected chi connectivity index (χ2v) is 7.40. The van der Waals surface area contributed by atoms with E-state index >= 15 is 0 Å². The number of nitrogens with one attached hydrogen (secondary N) is 3. The van der Waals surface area contributed by atoms with Gasteiger partial charge in [-0.25, -0.2) is 4.79 Å². The molecule has 9 nitrogen and oxygen atoms in total. The fourth-order valence-electron chi connectivity index (χ4n) is 3.37. The van der Waals surface area contributed by atoms with Crippen LogP contribution in [0.5, 0.6) is 0 Å². The number of carbonyl (C=O) groups excluding carboxylic acids is 1. The van der Waals surface area contributed by atoms with Crippen molar-refractivity contribution in [3.05, 3.63) is 105 Å². The summed E-state index contributed by atoms with van der Waals surface area (Å²) in [6.07, 6.45) is 1.92. The molecule has 4 rings (SSSR count). The Morgan fingerprint density at radius 1 is 1.09 bits per heavy atom. The average molecular weight is 430 g/mol. The predicted octanol–water partition coefficient (Wildman–Crippen LogP) is 2.05. The van der Waals surface area contributed by atoms with Gasteiger partial charge in [0.15, 0.2) is 0 Å². The standard InChI is InChI=1S/C23H22N6O3/c1-14(25-22(31)20-19(24)21(30)27-23(32)26-20)16-8-5-9-17(12-16)18-10-11-29(28-18)13-15-6-3-2-4-7-15/h2-12,14H,13,24H2,1H3,(H,25,31)(H2,26,27,30,32)/t14-/m1/s1. The number of amides is 1. The first kappa shape index (κ1) is 20.9. The van der Waals surface area contributed by atoms with Crippen molar-refractivity contribution >= 4 is 11.6 Å². The van der Waals surface area contributed by atoms with Gasteiger partial charge in [-0.2, -0.15) is 5.10 Å². The van der Waals surface area contributed by atoms with Crippen molar-refractivity contribution in [2.45, 2.75) is 19.5 Å². The third kappa shape index (κ3) is 4.51. The Morgan fingerprint density at radius 2 is 1.88 bits per heavy atom. The minimum Gasteiger partial charge on any atom is -0.392 e. The van der Waals surface area contributed by atoms with Gasteiger partial charge in [0.05, 0.1) is 18.3 Å². The Morgan fingerprint density at radius 3 is 2.66 bits per heavy atom. The van der Waals surface area contributed by atoms with Crippen LogP contribution in [0.2, 0.25) is 0 Å². The van der Waals surface area contributed by atoms with Crippen LogP contribution in [0.25, 0.3) is 11.3 Å². The van der Waals surface area contributed by atoms with Gasteiger partial charge in [-0.05, 0) is 30.2 Å². The number of H-pyrrole nitrogens is 2. The summed E-state index contributed by atoms with van der Waals surface area (Å²) >= 11 is 0. The molecule has 2 heterocycles. The first-order valence-electron chi connectivity index (χ1n) is 10.0. The molecule has 0 saturated carbocycles. The van der Waals surface area contributed by atoms with E-state index in [1.807, 2.05) is 76.5 Å². The van der Waals surface area contributed by atoms with Crippen LogP contribution < -0.4 is 22.3 Å². The van der Waals surface area contributed by atoms with Crippen molar-refractivity contribution in [2.75, 3.05) is 5.73 Å². The number of nitrogens with two attached hydrogens (primary N) is 1.